The normalized spacial score (nSPS) is 19.2. The molecule has 0 radical (unpaired) electrons. The van der Waals surface area contributed by atoms with Gasteiger partial charge in [0.15, 0.2) is 6.29 Å². The Balaban J connectivity index is 2.74. The third kappa shape index (κ3) is 7.60. The summed E-state index contributed by atoms with van der Waals surface area (Å²) in [6.07, 6.45) is 9.14. The fourth-order valence-electron chi connectivity index (χ4n) is 2.75. The Labute approximate surface area is 150 Å². The first-order valence-electron chi connectivity index (χ1n) is 9.03. The molecule has 1 saturated heterocycles. The first-order chi connectivity index (χ1) is 11.4. The summed E-state index contributed by atoms with van der Waals surface area (Å²) in [6, 6.07) is 0.196. The number of unbranched alkanes of at least 4 members (excludes halogenated alkanes) is 1. The van der Waals surface area contributed by atoms with Crippen LogP contribution in [0, 0.1) is 0 Å². The number of ether oxygens (including phenoxy) is 2. The minimum Gasteiger partial charge on any atom is -0.353 e. The van der Waals surface area contributed by atoms with Crippen molar-refractivity contribution in [1.82, 2.24) is 4.31 Å². The van der Waals surface area contributed by atoms with Gasteiger partial charge in [-0.2, -0.15) is 0 Å². The third-order valence-electron chi connectivity index (χ3n) is 4.00. The molecule has 1 rings (SSSR count). The molecule has 0 saturated carbocycles. The minimum atomic E-state index is -1.05. The van der Waals surface area contributed by atoms with Crippen LogP contribution in [0.2, 0.25) is 0 Å². The first kappa shape index (κ1) is 21.6. The van der Waals surface area contributed by atoms with Crippen molar-refractivity contribution in [1.29, 1.82) is 0 Å². The summed E-state index contributed by atoms with van der Waals surface area (Å²) in [7, 11) is -1.05. The largest absolute Gasteiger partial charge is 0.353 e. The summed E-state index contributed by atoms with van der Waals surface area (Å²) in [5.74, 6) is 0. The summed E-state index contributed by atoms with van der Waals surface area (Å²) in [5, 5.41) is 0. The lowest BCUT2D eigenvalue weighted by molar-refractivity contribution is -0.182. The maximum atomic E-state index is 13.0. The van der Waals surface area contributed by atoms with Gasteiger partial charge in [-0.25, -0.2) is 8.51 Å². The van der Waals surface area contributed by atoms with Crippen LogP contribution in [-0.4, -0.2) is 45.4 Å². The quantitative estimate of drug-likeness (QED) is 0.411. The van der Waals surface area contributed by atoms with E-state index in [0.29, 0.717) is 0 Å². The molecule has 0 spiro atoms. The lowest BCUT2D eigenvalue weighted by Gasteiger charge is -2.35. The SMILES string of the molecule is C=CCCCN([C@@H](CC=C)CCC1OCCCO1)[S@](=O)C(C)(C)C. The van der Waals surface area contributed by atoms with Crippen molar-refractivity contribution in [2.45, 2.75) is 76.4 Å². The van der Waals surface area contributed by atoms with Gasteiger partial charge in [0, 0.05) is 12.6 Å². The molecule has 0 aliphatic carbocycles. The van der Waals surface area contributed by atoms with E-state index >= 15 is 0 Å². The van der Waals surface area contributed by atoms with E-state index in [1.54, 1.807) is 0 Å². The number of allylic oxidation sites excluding steroid dienone is 1. The van der Waals surface area contributed by atoms with Gasteiger partial charge < -0.3 is 9.47 Å². The molecule has 0 aromatic heterocycles. The van der Waals surface area contributed by atoms with E-state index in [1.165, 1.54) is 0 Å². The smallest absolute Gasteiger partial charge is 0.157 e. The maximum Gasteiger partial charge on any atom is 0.157 e. The van der Waals surface area contributed by atoms with Gasteiger partial charge in [0.25, 0.3) is 0 Å². The van der Waals surface area contributed by atoms with Crippen molar-refractivity contribution in [2.24, 2.45) is 0 Å². The van der Waals surface area contributed by atoms with Crippen molar-refractivity contribution >= 4 is 11.0 Å². The van der Waals surface area contributed by atoms with Crippen molar-refractivity contribution in [2.75, 3.05) is 19.8 Å². The first-order valence-corrected chi connectivity index (χ1v) is 10.1. The molecule has 0 aromatic carbocycles. The van der Waals surface area contributed by atoms with E-state index in [2.05, 4.69) is 17.5 Å². The molecule has 0 bridgehead atoms. The zero-order chi connectivity index (χ0) is 18.0. The Morgan fingerprint density at radius 1 is 1.25 bits per heavy atom. The minimum absolute atomic E-state index is 0.121. The standard InChI is InChI=1S/C19H35NO3S/c1-6-8-9-14-20(24(21)19(3,4)5)17(11-7-2)12-13-18-22-15-10-16-23-18/h6-7,17-18H,1-2,8-16H2,3-5H3/t17-,24+/m0/s1. The molecule has 1 fully saturated rings. The van der Waals surface area contributed by atoms with Gasteiger partial charge in [-0.1, -0.05) is 12.2 Å². The Hall–Kier alpha value is -0.490. The van der Waals surface area contributed by atoms with Crippen LogP contribution in [0.5, 0.6) is 0 Å². The second kappa shape index (κ2) is 11.2. The lowest BCUT2D eigenvalue weighted by atomic mass is 10.1. The molecule has 4 nitrogen and oxygen atoms in total. The van der Waals surface area contributed by atoms with Crippen LogP contribution in [-0.2, 0) is 20.5 Å². The molecule has 0 unspecified atom stereocenters. The summed E-state index contributed by atoms with van der Waals surface area (Å²) in [4.78, 5) is 0. The number of nitrogens with zero attached hydrogens (tertiary/aromatic N) is 1. The molecule has 24 heavy (non-hydrogen) atoms. The molecule has 1 aliphatic heterocycles. The van der Waals surface area contributed by atoms with Crippen LogP contribution in [0.3, 0.4) is 0 Å². The molecular weight excluding hydrogens is 322 g/mol. The highest BCUT2D eigenvalue weighted by Gasteiger charge is 2.31. The molecule has 2 atom stereocenters. The molecule has 0 aromatic rings. The van der Waals surface area contributed by atoms with E-state index in [1.807, 2.05) is 32.9 Å². The second-order valence-corrected chi connectivity index (χ2v) is 9.41. The van der Waals surface area contributed by atoms with Crippen molar-refractivity contribution in [3.63, 3.8) is 0 Å². The Morgan fingerprint density at radius 2 is 1.92 bits per heavy atom. The van der Waals surface area contributed by atoms with Crippen LogP contribution < -0.4 is 0 Å². The monoisotopic (exact) mass is 357 g/mol. The molecule has 0 amide bonds. The second-order valence-electron chi connectivity index (χ2n) is 7.21. The van der Waals surface area contributed by atoms with Crippen molar-refractivity contribution in [3.05, 3.63) is 25.3 Å². The summed E-state index contributed by atoms with van der Waals surface area (Å²) < 4.78 is 26.2. The predicted octanol–water partition coefficient (Wildman–Crippen LogP) is 4.20. The highest BCUT2D eigenvalue weighted by Crippen LogP contribution is 2.24. The van der Waals surface area contributed by atoms with Crippen LogP contribution in [0.15, 0.2) is 25.3 Å². The molecule has 1 aliphatic rings. The van der Waals surface area contributed by atoms with Crippen LogP contribution in [0.1, 0.15) is 59.3 Å². The van der Waals surface area contributed by atoms with E-state index < -0.39 is 11.0 Å². The highest BCUT2D eigenvalue weighted by atomic mass is 32.2. The van der Waals surface area contributed by atoms with Gasteiger partial charge >= 0.3 is 0 Å². The zero-order valence-corrected chi connectivity index (χ0v) is 16.5. The fourth-order valence-corrected chi connectivity index (χ4v) is 4.21. The van der Waals surface area contributed by atoms with E-state index in [9.17, 15) is 4.21 Å². The van der Waals surface area contributed by atoms with Crippen molar-refractivity contribution in [3.8, 4) is 0 Å². The van der Waals surface area contributed by atoms with Gasteiger partial charge in [-0.3, -0.25) is 0 Å². The average molecular weight is 358 g/mol. The van der Waals surface area contributed by atoms with Crippen LogP contribution in [0.25, 0.3) is 0 Å². The summed E-state index contributed by atoms with van der Waals surface area (Å²) in [5.41, 5.74) is 0. The number of hydrogen-bond donors (Lipinski definition) is 0. The topological polar surface area (TPSA) is 38.8 Å². The fraction of sp³-hybridized carbons (Fsp3) is 0.789. The van der Waals surface area contributed by atoms with Gasteiger partial charge in [0.1, 0.15) is 0 Å². The highest BCUT2D eigenvalue weighted by molar-refractivity contribution is 7.84. The number of hydrogen-bond acceptors (Lipinski definition) is 3. The molecule has 0 N–H and O–H groups in total. The third-order valence-corrected chi connectivity index (χ3v) is 5.96. The van der Waals surface area contributed by atoms with Crippen molar-refractivity contribution < 1.29 is 13.7 Å². The Morgan fingerprint density at radius 3 is 2.46 bits per heavy atom. The molecule has 1 heterocycles. The summed E-state index contributed by atoms with van der Waals surface area (Å²) >= 11 is 0. The van der Waals surface area contributed by atoms with E-state index in [0.717, 1.165) is 58.3 Å². The van der Waals surface area contributed by atoms with Crippen LogP contribution in [0.4, 0.5) is 0 Å². The van der Waals surface area contributed by atoms with Gasteiger partial charge in [-0.15, -0.1) is 13.2 Å². The lowest BCUT2D eigenvalue weighted by Crippen LogP contribution is -2.44. The predicted molar refractivity (Wildman–Crippen MR) is 102 cm³/mol. The van der Waals surface area contributed by atoms with Gasteiger partial charge in [0.2, 0.25) is 0 Å². The van der Waals surface area contributed by atoms with E-state index in [4.69, 9.17) is 9.47 Å². The van der Waals surface area contributed by atoms with Crippen LogP contribution >= 0.6 is 0 Å². The Bertz CT molecular complexity index is 400. The molecule has 140 valence electrons. The molecule has 5 heteroatoms. The Kier molecular flexibility index (Phi) is 10.0. The zero-order valence-electron chi connectivity index (χ0n) is 15.7. The van der Waals surface area contributed by atoms with Gasteiger partial charge in [-0.05, 0) is 59.3 Å². The molecular formula is C19H35NO3S. The number of rotatable bonds is 11. The average Bonchev–Trinajstić information content (AvgIpc) is 2.55. The summed E-state index contributed by atoms with van der Waals surface area (Å²) in [6.45, 7) is 16.1. The van der Waals surface area contributed by atoms with Gasteiger partial charge in [0.05, 0.1) is 28.9 Å². The van der Waals surface area contributed by atoms with E-state index in [-0.39, 0.29) is 17.1 Å². The maximum absolute atomic E-state index is 13.0.